The van der Waals surface area contributed by atoms with Gasteiger partial charge in [0.05, 0.1) is 31.8 Å². The molecule has 0 bridgehead atoms. The van der Waals surface area contributed by atoms with Crippen LogP contribution in [0.5, 0.6) is 5.75 Å². The summed E-state index contributed by atoms with van der Waals surface area (Å²) in [6, 6.07) is 11.9. The molecule has 0 spiro atoms. The highest BCUT2D eigenvalue weighted by molar-refractivity contribution is 7.93. The summed E-state index contributed by atoms with van der Waals surface area (Å²) in [4.78, 5) is 0.106. The van der Waals surface area contributed by atoms with Crippen LogP contribution in [0.2, 0.25) is 0 Å². The van der Waals surface area contributed by atoms with Gasteiger partial charge in [-0.2, -0.15) is 0 Å². The average Bonchev–Trinajstić information content (AvgIpc) is 2.81. The molecule has 1 atom stereocenters. The summed E-state index contributed by atoms with van der Waals surface area (Å²) in [7, 11) is -7.18. The predicted octanol–water partition coefficient (Wildman–Crippen LogP) is 4.94. The van der Waals surface area contributed by atoms with E-state index < -0.39 is 19.8 Å². The molecule has 1 unspecified atom stereocenters. The molecule has 1 saturated heterocycles. The molecule has 0 saturated carbocycles. The van der Waals surface area contributed by atoms with Gasteiger partial charge in [0.25, 0.3) is 10.0 Å². The maximum Gasteiger partial charge on any atom is 0.264 e. The minimum absolute atomic E-state index is 0.00274. The summed E-state index contributed by atoms with van der Waals surface area (Å²) in [5.74, 6) is 0.709. The van der Waals surface area contributed by atoms with Crippen molar-refractivity contribution in [1.29, 1.82) is 4.78 Å². The third kappa shape index (κ3) is 6.52. The Balaban J connectivity index is 1.97. The SMILES string of the molecule is CCc1ccc(N(CC(C)C)S(=O)(=O)c2ccc(OCC3CCOCC3)c(S(C)(=N)=O)c2)cc1. The van der Waals surface area contributed by atoms with Crippen LogP contribution in [-0.2, 0) is 30.9 Å². The highest BCUT2D eigenvalue weighted by Gasteiger charge is 2.28. The van der Waals surface area contributed by atoms with Gasteiger partial charge in [-0.3, -0.25) is 4.31 Å². The maximum atomic E-state index is 13.7. The van der Waals surface area contributed by atoms with Crippen LogP contribution in [0.1, 0.15) is 39.2 Å². The Labute approximate surface area is 204 Å². The fraction of sp³-hybridized carbons (Fsp3) is 0.520. The fourth-order valence-electron chi connectivity index (χ4n) is 3.89. The van der Waals surface area contributed by atoms with Gasteiger partial charge in [0.15, 0.2) is 0 Å². The highest BCUT2D eigenvalue weighted by Crippen LogP contribution is 2.32. The smallest absolute Gasteiger partial charge is 0.264 e. The molecular weight excluding hydrogens is 472 g/mol. The van der Waals surface area contributed by atoms with E-state index in [1.54, 1.807) is 0 Å². The quantitative estimate of drug-likeness (QED) is 0.490. The second-order valence-corrected chi connectivity index (χ2v) is 13.3. The molecule has 188 valence electrons. The van der Waals surface area contributed by atoms with Gasteiger partial charge in [0.1, 0.15) is 5.75 Å². The van der Waals surface area contributed by atoms with Gasteiger partial charge >= 0.3 is 0 Å². The Kier molecular flexibility index (Phi) is 8.65. The molecule has 7 nitrogen and oxygen atoms in total. The second-order valence-electron chi connectivity index (χ2n) is 9.27. The molecule has 2 aromatic rings. The lowest BCUT2D eigenvalue weighted by atomic mass is 10.0. The number of sulfonamides is 1. The topological polar surface area (TPSA) is 96.8 Å². The molecule has 0 amide bonds. The van der Waals surface area contributed by atoms with E-state index in [1.807, 2.05) is 45.0 Å². The van der Waals surface area contributed by atoms with E-state index >= 15 is 0 Å². The minimum Gasteiger partial charge on any atom is -0.492 e. The van der Waals surface area contributed by atoms with Gasteiger partial charge in [-0.1, -0.05) is 32.9 Å². The van der Waals surface area contributed by atoms with Crippen LogP contribution in [0.25, 0.3) is 0 Å². The molecule has 1 fully saturated rings. The monoisotopic (exact) mass is 508 g/mol. The fourth-order valence-corrected chi connectivity index (χ4v) is 6.48. The van der Waals surface area contributed by atoms with E-state index in [9.17, 15) is 12.6 Å². The normalized spacial score (nSPS) is 16.9. The first-order valence-corrected chi connectivity index (χ1v) is 15.1. The first-order chi connectivity index (χ1) is 16.0. The summed E-state index contributed by atoms with van der Waals surface area (Å²) in [5, 5.41) is 0. The molecule has 1 heterocycles. The average molecular weight is 509 g/mol. The van der Waals surface area contributed by atoms with Crippen molar-refractivity contribution in [1.82, 2.24) is 0 Å². The van der Waals surface area contributed by atoms with Crippen LogP contribution in [0, 0.1) is 16.6 Å². The molecule has 1 aliphatic heterocycles. The number of nitrogens with one attached hydrogen (secondary N) is 1. The van der Waals surface area contributed by atoms with Crippen molar-refractivity contribution in [2.75, 3.05) is 36.9 Å². The molecular formula is C25H36N2O5S2. The molecule has 1 N–H and O–H groups in total. The van der Waals surface area contributed by atoms with Crippen molar-refractivity contribution in [2.24, 2.45) is 11.8 Å². The van der Waals surface area contributed by atoms with Crippen molar-refractivity contribution >= 4 is 25.4 Å². The molecule has 0 aliphatic carbocycles. The van der Waals surface area contributed by atoms with Gasteiger partial charge in [0.2, 0.25) is 0 Å². The van der Waals surface area contributed by atoms with Crippen LogP contribution in [-0.4, -0.2) is 45.2 Å². The van der Waals surface area contributed by atoms with E-state index in [1.165, 1.54) is 28.8 Å². The molecule has 3 rings (SSSR count). The van der Waals surface area contributed by atoms with Gasteiger partial charge in [-0.15, -0.1) is 0 Å². The minimum atomic E-state index is -3.95. The number of ether oxygens (including phenoxy) is 2. The van der Waals surface area contributed by atoms with Crippen LogP contribution < -0.4 is 9.04 Å². The zero-order chi connectivity index (χ0) is 24.9. The third-order valence-corrected chi connectivity index (χ3v) is 8.85. The number of aryl methyl sites for hydroxylation is 1. The number of nitrogens with zero attached hydrogens (tertiary/aromatic N) is 1. The van der Waals surface area contributed by atoms with Crippen LogP contribution in [0.15, 0.2) is 52.3 Å². The van der Waals surface area contributed by atoms with Gasteiger partial charge in [-0.05, 0) is 67.0 Å². The van der Waals surface area contributed by atoms with Crippen LogP contribution in [0.4, 0.5) is 5.69 Å². The number of benzene rings is 2. The Morgan fingerprint density at radius 1 is 1.09 bits per heavy atom. The molecule has 9 heteroatoms. The Bertz CT molecular complexity index is 1170. The van der Waals surface area contributed by atoms with Crippen molar-refractivity contribution < 1.29 is 22.1 Å². The summed E-state index contributed by atoms with van der Waals surface area (Å²) >= 11 is 0. The van der Waals surface area contributed by atoms with E-state index in [2.05, 4.69) is 0 Å². The zero-order valence-electron chi connectivity index (χ0n) is 20.5. The molecule has 0 radical (unpaired) electrons. The van der Waals surface area contributed by atoms with Gasteiger partial charge in [0, 0.05) is 26.0 Å². The molecule has 1 aliphatic rings. The van der Waals surface area contributed by atoms with E-state index in [-0.39, 0.29) is 15.7 Å². The highest BCUT2D eigenvalue weighted by atomic mass is 32.2. The molecule has 2 aromatic carbocycles. The lowest BCUT2D eigenvalue weighted by Crippen LogP contribution is -2.34. The number of anilines is 1. The molecule has 0 aromatic heterocycles. The summed E-state index contributed by atoms with van der Waals surface area (Å²) in [6.07, 6.45) is 3.91. The lowest BCUT2D eigenvalue weighted by molar-refractivity contribution is 0.0493. The maximum absolute atomic E-state index is 13.7. The van der Waals surface area contributed by atoms with Crippen molar-refractivity contribution in [3.8, 4) is 5.75 Å². The zero-order valence-corrected chi connectivity index (χ0v) is 22.1. The van der Waals surface area contributed by atoms with Crippen molar-refractivity contribution in [3.05, 3.63) is 48.0 Å². The summed E-state index contributed by atoms with van der Waals surface area (Å²) in [6.45, 7) is 8.06. The lowest BCUT2D eigenvalue weighted by Gasteiger charge is -2.27. The number of hydrogen-bond acceptors (Lipinski definition) is 6. The predicted molar refractivity (Wildman–Crippen MR) is 136 cm³/mol. The Morgan fingerprint density at radius 3 is 2.29 bits per heavy atom. The third-order valence-electron chi connectivity index (χ3n) is 5.90. The number of hydrogen-bond donors (Lipinski definition) is 1. The van der Waals surface area contributed by atoms with Gasteiger partial charge in [-0.25, -0.2) is 17.4 Å². The first-order valence-electron chi connectivity index (χ1n) is 11.7. The summed E-state index contributed by atoms with van der Waals surface area (Å²) < 4.78 is 61.2. The van der Waals surface area contributed by atoms with Crippen molar-refractivity contribution in [2.45, 2.75) is 49.8 Å². The van der Waals surface area contributed by atoms with E-state index in [4.69, 9.17) is 14.3 Å². The first kappa shape index (κ1) is 26.5. The van der Waals surface area contributed by atoms with E-state index in [0.29, 0.717) is 43.7 Å². The molecule has 34 heavy (non-hydrogen) atoms. The second kappa shape index (κ2) is 11.1. The number of rotatable bonds is 10. The summed E-state index contributed by atoms with van der Waals surface area (Å²) in [5.41, 5.74) is 1.70. The van der Waals surface area contributed by atoms with Crippen LogP contribution in [0.3, 0.4) is 0 Å². The largest absolute Gasteiger partial charge is 0.492 e. The standard InChI is InChI=1S/C25H36N2O5S2/c1-5-20-6-8-22(9-7-20)27(17-19(2)3)34(29,30)23-10-11-24(25(16-23)33(4,26)28)32-18-21-12-14-31-15-13-21/h6-11,16,19,21,26H,5,12-15,17-18H2,1-4H3. The Morgan fingerprint density at radius 2 is 1.74 bits per heavy atom. The Hall–Kier alpha value is -2.10. The van der Waals surface area contributed by atoms with Crippen molar-refractivity contribution in [3.63, 3.8) is 0 Å². The van der Waals surface area contributed by atoms with E-state index in [0.717, 1.165) is 24.8 Å². The van der Waals surface area contributed by atoms with Gasteiger partial charge < -0.3 is 9.47 Å². The van der Waals surface area contributed by atoms with Crippen LogP contribution >= 0.6 is 0 Å².